The first-order valence-corrected chi connectivity index (χ1v) is 6.74. The van der Waals surface area contributed by atoms with Crippen molar-refractivity contribution in [2.24, 2.45) is 5.92 Å². The number of fused-ring (bicyclic) bond motifs is 2. The van der Waals surface area contributed by atoms with Gasteiger partial charge in [0, 0.05) is 18.1 Å². The highest BCUT2D eigenvalue weighted by molar-refractivity contribution is 5.20. The van der Waals surface area contributed by atoms with E-state index in [1.54, 1.807) is 0 Å². The van der Waals surface area contributed by atoms with Crippen LogP contribution < -0.4 is 0 Å². The molecular formula is C15H21NO. The molecule has 1 N–H and O–H groups in total. The highest BCUT2D eigenvalue weighted by atomic mass is 16.3. The maximum Gasteiger partial charge on any atom is 0.0589 e. The van der Waals surface area contributed by atoms with Gasteiger partial charge < -0.3 is 5.11 Å². The summed E-state index contributed by atoms with van der Waals surface area (Å²) in [5, 5.41) is 9.61. The van der Waals surface area contributed by atoms with Crippen LogP contribution in [0.2, 0.25) is 0 Å². The molecular weight excluding hydrogens is 210 g/mol. The van der Waals surface area contributed by atoms with E-state index < -0.39 is 0 Å². The van der Waals surface area contributed by atoms with Gasteiger partial charge in [-0.3, -0.25) is 4.90 Å². The monoisotopic (exact) mass is 231 g/mol. The van der Waals surface area contributed by atoms with Crippen molar-refractivity contribution < 1.29 is 5.11 Å². The first kappa shape index (κ1) is 11.2. The van der Waals surface area contributed by atoms with E-state index in [1.807, 2.05) is 0 Å². The minimum absolute atomic E-state index is 0.318. The lowest BCUT2D eigenvalue weighted by Gasteiger charge is -2.39. The van der Waals surface area contributed by atoms with Crippen molar-refractivity contribution in [3.63, 3.8) is 0 Å². The second kappa shape index (κ2) is 4.43. The molecule has 1 aliphatic heterocycles. The summed E-state index contributed by atoms with van der Waals surface area (Å²) in [5.41, 5.74) is 1.37. The summed E-state index contributed by atoms with van der Waals surface area (Å²) >= 11 is 0. The molecule has 0 radical (unpaired) electrons. The second-order valence-corrected chi connectivity index (χ2v) is 5.51. The first-order valence-electron chi connectivity index (χ1n) is 6.74. The second-order valence-electron chi connectivity index (χ2n) is 5.51. The van der Waals surface area contributed by atoms with Gasteiger partial charge in [-0.1, -0.05) is 30.3 Å². The number of nitrogens with zero attached hydrogens (tertiary/aromatic N) is 1. The van der Waals surface area contributed by atoms with Gasteiger partial charge in [-0.25, -0.2) is 0 Å². The van der Waals surface area contributed by atoms with E-state index in [0.717, 1.165) is 5.92 Å². The third kappa shape index (κ3) is 1.80. The van der Waals surface area contributed by atoms with Crippen LogP contribution in [0.25, 0.3) is 0 Å². The van der Waals surface area contributed by atoms with Gasteiger partial charge in [0.2, 0.25) is 0 Å². The summed E-state index contributed by atoms with van der Waals surface area (Å²) in [5.74, 6) is 0.733. The Morgan fingerprint density at radius 2 is 2.06 bits per heavy atom. The minimum Gasteiger partial charge on any atom is -0.395 e. The Balaban J connectivity index is 1.84. The normalized spacial score (nSPS) is 34.1. The average Bonchev–Trinajstić information content (AvgIpc) is 2.98. The molecule has 2 aliphatic rings. The maximum atomic E-state index is 9.61. The molecule has 0 amide bonds. The van der Waals surface area contributed by atoms with Crippen LogP contribution in [0.1, 0.15) is 37.8 Å². The van der Waals surface area contributed by atoms with Gasteiger partial charge in [0.15, 0.2) is 0 Å². The molecule has 0 aromatic heterocycles. The average molecular weight is 231 g/mol. The van der Waals surface area contributed by atoms with E-state index in [-0.39, 0.29) is 0 Å². The molecule has 92 valence electrons. The Kier molecular flexibility index (Phi) is 2.93. The fraction of sp³-hybridized carbons (Fsp3) is 0.600. The molecule has 1 heterocycles. The van der Waals surface area contributed by atoms with Crippen molar-refractivity contribution in [1.82, 2.24) is 4.90 Å². The smallest absolute Gasteiger partial charge is 0.0589 e. The van der Waals surface area contributed by atoms with Crippen molar-refractivity contribution in [2.75, 3.05) is 6.61 Å². The quantitative estimate of drug-likeness (QED) is 0.864. The lowest BCUT2D eigenvalue weighted by molar-refractivity contribution is 0.0525. The molecule has 1 aromatic rings. The number of hydrogen-bond donors (Lipinski definition) is 1. The third-order valence-electron chi connectivity index (χ3n) is 4.71. The number of benzene rings is 1. The lowest BCUT2D eigenvalue weighted by Crippen LogP contribution is -2.44. The number of aliphatic hydroxyl groups is 1. The van der Waals surface area contributed by atoms with E-state index in [9.17, 15) is 5.11 Å². The van der Waals surface area contributed by atoms with Gasteiger partial charge >= 0.3 is 0 Å². The molecule has 0 unspecified atom stereocenters. The van der Waals surface area contributed by atoms with Gasteiger partial charge in [0.05, 0.1) is 6.61 Å². The highest BCUT2D eigenvalue weighted by Crippen LogP contribution is 2.46. The van der Waals surface area contributed by atoms with Gasteiger partial charge in [-0.15, -0.1) is 0 Å². The summed E-state index contributed by atoms with van der Waals surface area (Å²) in [6, 6.07) is 12.2. The topological polar surface area (TPSA) is 23.5 Å². The van der Waals surface area contributed by atoms with Crippen LogP contribution >= 0.6 is 0 Å². The Morgan fingerprint density at radius 1 is 1.29 bits per heavy atom. The van der Waals surface area contributed by atoms with Crippen LogP contribution in [0, 0.1) is 5.92 Å². The Morgan fingerprint density at radius 3 is 2.76 bits per heavy atom. The summed E-state index contributed by atoms with van der Waals surface area (Å²) in [6.07, 6.45) is 3.93. The van der Waals surface area contributed by atoms with Crippen molar-refractivity contribution >= 4 is 0 Å². The molecule has 1 aliphatic carbocycles. The summed E-state index contributed by atoms with van der Waals surface area (Å²) in [4.78, 5) is 2.56. The van der Waals surface area contributed by atoms with Crippen LogP contribution in [-0.2, 0) is 0 Å². The molecule has 3 rings (SSSR count). The molecule has 2 fully saturated rings. The molecule has 0 spiro atoms. The first-order chi connectivity index (χ1) is 8.31. The minimum atomic E-state index is 0.318. The van der Waals surface area contributed by atoms with Crippen LogP contribution in [0.4, 0.5) is 0 Å². The predicted octanol–water partition coefficient (Wildman–Crippen LogP) is 2.59. The summed E-state index contributed by atoms with van der Waals surface area (Å²) in [6.45, 7) is 2.59. The standard InChI is InChI=1S/C15H21NO/c1-11(12-5-3-2-4-6-12)16-14-8-7-13(9-14)15(16)10-17/h2-6,11,13-15,17H,7-10H2,1H3/t11-,13-,14+,15-/m1/s1. The van der Waals surface area contributed by atoms with E-state index in [2.05, 4.69) is 42.2 Å². The number of aliphatic hydroxyl groups excluding tert-OH is 1. The van der Waals surface area contributed by atoms with Gasteiger partial charge in [0.25, 0.3) is 0 Å². The van der Waals surface area contributed by atoms with Crippen molar-refractivity contribution in [2.45, 2.75) is 44.3 Å². The largest absolute Gasteiger partial charge is 0.395 e. The van der Waals surface area contributed by atoms with E-state index >= 15 is 0 Å². The van der Waals surface area contributed by atoms with E-state index in [0.29, 0.717) is 24.7 Å². The SMILES string of the molecule is C[C@H](c1ccccc1)N1[C@H]2CC[C@H](C2)[C@H]1CO. The fourth-order valence-corrected chi connectivity index (χ4v) is 3.88. The third-order valence-corrected chi connectivity index (χ3v) is 4.71. The molecule has 2 nitrogen and oxygen atoms in total. The van der Waals surface area contributed by atoms with Gasteiger partial charge in [-0.2, -0.15) is 0 Å². The number of likely N-dealkylation sites (tertiary alicyclic amines) is 1. The van der Waals surface area contributed by atoms with Crippen molar-refractivity contribution in [1.29, 1.82) is 0 Å². The van der Waals surface area contributed by atoms with Gasteiger partial charge in [-0.05, 0) is 37.7 Å². The predicted molar refractivity (Wildman–Crippen MR) is 68.7 cm³/mol. The summed E-state index contributed by atoms with van der Waals surface area (Å²) in [7, 11) is 0. The van der Waals surface area contributed by atoms with E-state index in [1.165, 1.54) is 24.8 Å². The molecule has 2 heteroatoms. The Hall–Kier alpha value is -0.860. The van der Waals surface area contributed by atoms with Gasteiger partial charge in [0.1, 0.15) is 0 Å². The van der Waals surface area contributed by atoms with E-state index in [4.69, 9.17) is 0 Å². The zero-order valence-electron chi connectivity index (χ0n) is 10.4. The molecule has 17 heavy (non-hydrogen) atoms. The number of hydrogen-bond acceptors (Lipinski definition) is 2. The number of rotatable bonds is 3. The zero-order valence-corrected chi connectivity index (χ0v) is 10.4. The fourth-order valence-electron chi connectivity index (χ4n) is 3.88. The molecule has 1 aromatic carbocycles. The Bertz CT molecular complexity index is 378. The van der Waals surface area contributed by atoms with Crippen LogP contribution in [-0.4, -0.2) is 28.7 Å². The molecule has 1 saturated carbocycles. The van der Waals surface area contributed by atoms with Crippen LogP contribution in [0.3, 0.4) is 0 Å². The van der Waals surface area contributed by atoms with Crippen LogP contribution in [0.15, 0.2) is 30.3 Å². The van der Waals surface area contributed by atoms with Crippen molar-refractivity contribution in [3.8, 4) is 0 Å². The maximum absolute atomic E-state index is 9.61. The molecule has 1 saturated heterocycles. The Labute approximate surface area is 103 Å². The zero-order chi connectivity index (χ0) is 11.8. The van der Waals surface area contributed by atoms with Crippen molar-refractivity contribution in [3.05, 3.63) is 35.9 Å². The molecule has 4 atom stereocenters. The number of piperidine rings is 1. The summed E-state index contributed by atoms with van der Waals surface area (Å²) < 4.78 is 0. The molecule has 2 bridgehead atoms. The van der Waals surface area contributed by atoms with Crippen LogP contribution in [0.5, 0.6) is 0 Å². The lowest BCUT2D eigenvalue weighted by atomic mass is 9.96. The highest BCUT2D eigenvalue weighted by Gasteiger charge is 2.47.